The Morgan fingerprint density at radius 1 is 1.28 bits per heavy atom. The van der Waals surface area contributed by atoms with Crippen LogP contribution in [0.3, 0.4) is 0 Å². The Labute approximate surface area is 106 Å². The summed E-state index contributed by atoms with van der Waals surface area (Å²) in [6, 6.07) is -0.624. The molecule has 1 aliphatic heterocycles. The van der Waals surface area contributed by atoms with Gasteiger partial charge in [0, 0.05) is 6.61 Å². The van der Waals surface area contributed by atoms with Gasteiger partial charge in [0.1, 0.15) is 5.41 Å². The number of hydrogen-bond donors (Lipinski definition) is 1. The minimum absolute atomic E-state index is 0.212. The zero-order valence-corrected chi connectivity index (χ0v) is 10.5. The predicted molar refractivity (Wildman–Crippen MR) is 62.6 cm³/mol. The monoisotopic (exact) mass is 254 g/mol. The number of carbonyl (C=O) groups is 3. The Morgan fingerprint density at radius 2 is 2.00 bits per heavy atom. The lowest BCUT2D eigenvalue weighted by Gasteiger charge is -2.30. The molecule has 18 heavy (non-hydrogen) atoms. The van der Waals surface area contributed by atoms with Gasteiger partial charge in [0.2, 0.25) is 11.8 Å². The summed E-state index contributed by atoms with van der Waals surface area (Å²) in [6.45, 7) is 3.23. The highest BCUT2D eigenvalue weighted by molar-refractivity contribution is 6.20. The van der Waals surface area contributed by atoms with Crippen LogP contribution in [-0.2, 0) is 14.3 Å². The second-order valence-electron chi connectivity index (χ2n) is 4.76. The van der Waals surface area contributed by atoms with Crippen LogP contribution in [-0.4, -0.2) is 42.5 Å². The molecule has 2 rings (SSSR count). The van der Waals surface area contributed by atoms with Gasteiger partial charge in [-0.15, -0.1) is 0 Å². The van der Waals surface area contributed by atoms with Crippen molar-refractivity contribution in [2.75, 3.05) is 19.8 Å². The van der Waals surface area contributed by atoms with E-state index < -0.39 is 17.4 Å². The van der Waals surface area contributed by atoms with Crippen LogP contribution in [0.15, 0.2) is 0 Å². The minimum Gasteiger partial charge on any atom is -0.380 e. The van der Waals surface area contributed by atoms with Gasteiger partial charge in [0.25, 0.3) is 0 Å². The molecule has 1 spiro atoms. The maximum absolute atomic E-state index is 12.0. The largest absolute Gasteiger partial charge is 0.380 e. The number of unbranched alkanes of at least 4 members (excludes halogenated alkanes) is 1. The third-order valence-electron chi connectivity index (χ3n) is 3.41. The number of imide groups is 2. The molecule has 6 heteroatoms. The highest BCUT2D eigenvalue weighted by Crippen LogP contribution is 2.48. The topological polar surface area (TPSA) is 75.7 Å². The molecule has 2 fully saturated rings. The van der Waals surface area contributed by atoms with E-state index in [9.17, 15) is 14.4 Å². The minimum atomic E-state index is -0.947. The number of rotatable bonds is 6. The maximum atomic E-state index is 12.0. The number of nitrogens with one attached hydrogen (secondary N) is 1. The molecule has 0 radical (unpaired) electrons. The van der Waals surface area contributed by atoms with Gasteiger partial charge in [-0.25, -0.2) is 4.79 Å². The van der Waals surface area contributed by atoms with E-state index in [4.69, 9.17) is 4.74 Å². The second kappa shape index (κ2) is 5.06. The molecule has 1 saturated carbocycles. The average Bonchev–Trinajstić information content (AvgIpc) is 3.12. The maximum Gasteiger partial charge on any atom is 0.330 e. The van der Waals surface area contributed by atoms with Crippen molar-refractivity contribution in [3.05, 3.63) is 0 Å². The van der Waals surface area contributed by atoms with Crippen LogP contribution >= 0.6 is 0 Å². The number of hydrogen-bond acceptors (Lipinski definition) is 4. The number of nitrogens with zero attached hydrogens (tertiary/aromatic N) is 1. The molecular weight excluding hydrogens is 236 g/mol. The molecule has 1 aliphatic carbocycles. The Bertz CT molecular complexity index is 376. The van der Waals surface area contributed by atoms with Crippen molar-refractivity contribution in [1.29, 1.82) is 0 Å². The summed E-state index contributed by atoms with van der Waals surface area (Å²) in [5, 5.41) is 2.24. The van der Waals surface area contributed by atoms with E-state index in [0.717, 1.165) is 17.7 Å². The molecule has 2 aliphatic rings. The van der Waals surface area contributed by atoms with Gasteiger partial charge in [-0.05, 0) is 19.3 Å². The molecule has 6 nitrogen and oxygen atoms in total. The first-order chi connectivity index (χ1) is 8.62. The van der Waals surface area contributed by atoms with E-state index in [-0.39, 0.29) is 12.5 Å². The average molecular weight is 254 g/mol. The van der Waals surface area contributed by atoms with E-state index in [0.29, 0.717) is 26.1 Å². The van der Waals surface area contributed by atoms with E-state index in [1.54, 1.807) is 0 Å². The van der Waals surface area contributed by atoms with Crippen LogP contribution in [0.4, 0.5) is 4.79 Å². The van der Waals surface area contributed by atoms with Gasteiger partial charge in [-0.3, -0.25) is 19.8 Å². The molecule has 0 bridgehead atoms. The van der Waals surface area contributed by atoms with Crippen LogP contribution in [0.2, 0.25) is 0 Å². The Kier molecular flexibility index (Phi) is 3.65. The quantitative estimate of drug-likeness (QED) is 0.558. The lowest BCUT2D eigenvalue weighted by molar-refractivity contribution is -0.145. The summed E-state index contributed by atoms with van der Waals surface area (Å²) in [5.41, 5.74) is -0.947. The lowest BCUT2D eigenvalue weighted by Crippen LogP contribution is -2.59. The summed E-state index contributed by atoms with van der Waals surface area (Å²) in [5.74, 6) is -0.809. The molecule has 4 amide bonds. The van der Waals surface area contributed by atoms with E-state index in [1.165, 1.54) is 0 Å². The molecule has 1 N–H and O–H groups in total. The number of amides is 4. The second-order valence-corrected chi connectivity index (χ2v) is 4.76. The van der Waals surface area contributed by atoms with Gasteiger partial charge in [0.15, 0.2) is 0 Å². The van der Waals surface area contributed by atoms with Crippen LogP contribution < -0.4 is 5.32 Å². The van der Waals surface area contributed by atoms with Crippen molar-refractivity contribution in [2.24, 2.45) is 5.41 Å². The fourth-order valence-corrected chi connectivity index (χ4v) is 2.01. The normalized spacial score (nSPS) is 21.4. The van der Waals surface area contributed by atoms with Gasteiger partial charge in [0.05, 0.1) is 13.2 Å². The zero-order valence-electron chi connectivity index (χ0n) is 10.5. The van der Waals surface area contributed by atoms with Crippen molar-refractivity contribution >= 4 is 17.8 Å². The summed E-state index contributed by atoms with van der Waals surface area (Å²) in [4.78, 5) is 36.3. The molecule has 0 unspecified atom stereocenters. The fourth-order valence-electron chi connectivity index (χ4n) is 2.01. The first kappa shape index (κ1) is 13.0. The van der Waals surface area contributed by atoms with Crippen molar-refractivity contribution in [2.45, 2.75) is 32.6 Å². The molecule has 1 heterocycles. The summed E-state index contributed by atoms with van der Waals surface area (Å²) >= 11 is 0. The summed E-state index contributed by atoms with van der Waals surface area (Å²) < 4.78 is 5.33. The van der Waals surface area contributed by atoms with Gasteiger partial charge >= 0.3 is 6.03 Å². The first-order valence-electron chi connectivity index (χ1n) is 6.37. The smallest absolute Gasteiger partial charge is 0.330 e. The first-order valence-corrected chi connectivity index (χ1v) is 6.37. The summed E-state index contributed by atoms with van der Waals surface area (Å²) in [6.07, 6.45) is 3.08. The fraction of sp³-hybridized carbons (Fsp3) is 0.750. The number of barbiturate groups is 1. The van der Waals surface area contributed by atoms with Crippen molar-refractivity contribution in [3.8, 4) is 0 Å². The van der Waals surface area contributed by atoms with Crippen LogP contribution in [0.25, 0.3) is 0 Å². The van der Waals surface area contributed by atoms with E-state index in [1.807, 2.05) is 0 Å². The molecule has 100 valence electrons. The molecule has 0 atom stereocenters. The SMILES string of the molecule is CCCCOCCN1C(=O)NC(=O)C2(CC2)C1=O. The molecule has 0 aromatic carbocycles. The molecule has 0 aromatic rings. The number of urea groups is 1. The molecular formula is C12H18N2O4. The van der Waals surface area contributed by atoms with Crippen LogP contribution in [0, 0.1) is 5.41 Å². The zero-order chi connectivity index (χ0) is 13.2. The Balaban J connectivity index is 1.85. The van der Waals surface area contributed by atoms with E-state index >= 15 is 0 Å². The standard InChI is InChI=1S/C12H18N2O4/c1-2-3-7-18-8-6-14-10(16)12(4-5-12)9(15)13-11(14)17/h2-8H2,1H3,(H,13,15,17). The van der Waals surface area contributed by atoms with Gasteiger partial charge < -0.3 is 4.74 Å². The van der Waals surface area contributed by atoms with Crippen LogP contribution in [0.1, 0.15) is 32.6 Å². The Hall–Kier alpha value is -1.43. The number of carbonyl (C=O) groups excluding carboxylic acids is 3. The third kappa shape index (κ3) is 2.25. The lowest BCUT2D eigenvalue weighted by atomic mass is 10.0. The molecule has 0 aromatic heterocycles. The Morgan fingerprint density at radius 3 is 2.61 bits per heavy atom. The van der Waals surface area contributed by atoms with Crippen molar-refractivity contribution in [1.82, 2.24) is 10.2 Å². The van der Waals surface area contributed by atoms with Gasteiger partial charge in [-0.2, -0.15) is 0 Å². The third-order valence-corrected chi connectivity index (χ3v) is 3.41. The highest BCUT2D eigenvalue weighted by Gasteiger charge is 2.62. The summed E-state index contributed by atoms with van der Waals surface area (Å²) in [7, 11) is 0. The molecule has 1 saturated heterocycles. The van der Waals surface area contributed by atoms with Gasteiger partial charge in [-0.1, -0.05) is 13.3 Å². The van der Waals surface area contributed by atoms with Crippen molar-refractivity contribution in [3.63, 3.8) is 0 Å². The predicted octanol–water partition coefficient (Wildman–Crippen LogP) is 0.662. The van der Waals surface area contributed by atoms with Crippen LogP contribution in [0.5, 0.6) is 0 Å². The van der Waals surface area contributed by atoms with E-state index in [2.05, 4.69) is 12.2 Å². The number of ether oxygens (including phenoxy) is 1. The van der Waals surface area contributed by atoms with Crippen molar-refractivity contribution < 1.29 is 19.1 Å². The highest BCUT2D eigenvalue weighted by atomic mass is 16.5.